The third-order valence-corrected chi connectivity index (χ3v) is 3.68. The van der Waals surface area contributed by atoms with Crippen molar-refractivity contribution in [2.45, 2.75) is 20.3 Å². The summed E-state index contributed by atoms with van der Waals surface area (Å²) >= 11 is 1.37. The molecular formula is C14H17F2N3S. The summed E-state index contributed by atoms with van der Waals surface area (Å²) in [6, 6.07) is 3.38. The number of rotatable bonds is 6. The highest BCUT2D eigenvalue weighted by Gasteiger charge is 2.09. The third kappa shape index (κ3) is 4.31. The molecular weight excluding hydrogens is 280 g/mol. The number of hydrogen-bond acceptors (Lipinski definition) is 4. The molecule has 1 heterocycles. The number of hydrogen-bond donors (Lipinski definition) is 1. The lowest BCUT2D eigenvalue weighted by atomic mass is 10.2. The molecule has 2 aromatic rings. The van der Waals surface area contributed by atoms with Crippen molar-refractivity contribution >= 4 is 11.3 Å². The Balaban J connectivity index is 1.98. The Morgan fingerprint density at radius 3 is 2.50 bits per heavy atom. The minimum Gasteiger partial charge on any atom is -0.316 e. The molecule has 0 aliphatic carbocycles. The SMILES string of the molecule is CC(C)CNCCc1nnc(-c2cc(F)cc(F)c2)s1. The van der Waals surface area contributed by atoms with Crippen LogP contribution in [0.15, 0.2) is 18.2 Å². The van der Waals surface area contributed by atoms with E-state index in [9.17, 15) is 8.78 Å². The fraction of sp³-hybridized carbons (Fsp3) is 0.429. The number of nitrogens with one attached hydrogen (secondary N) is 1. The van der Waals surface area contributed by atoms with Gasteiger partial charge in [0.2, 0.25) is 0 Å². The van der Waals surface area contributed by atoms with Crippen molar-refractivity contribution in [1.82, 2.24) is 15.5 Å². The van der Waals surface area contributed by atoms with Crippen molar-refractivity contribution in [3.05, 3.63) is 34.8 Å². The molecule has 3 nitrogen and oxygen atoms in total. The molecule has 0 saturated carbocycles. The van der Waals surface area contributed by atoms with Crippen LogP contribution in [0, 0.1) is 17.6 Å². The second-order valence-electron chi connectivity index (χ2n) is 5.01. The van der Waals surface area contributed by atoms with Gasteiger partial charge in [-0.3, -0.25) is 0 Å². The number of aromatic nitrogens is 2. The zero-order valence-corrected chi connectivity index (χ0v) is 12.3. The van der Waals surface area contributed by atoms with Crippen LogP contribution in [0.3, 0.4) is 0 Å². The molecule has 0 fully saturated rings. The molecule has 6 heteroatoms. The third-order valence-electron chi connectivity index (χ3n) is 2.64. The second kappa shape index (κ2) is 6.85. The highest BCUT2D eigenvalue weighted by molar-refractivity contribution is 7.14. The number of benzene rings is 1. The summed E-state index contributed by atoms with van der Waals surface area (Å²) in [6.45, 7) is 6.08. The number of nitrogens with zero attached hydrogens (tertiary/aromatic N) is 2. The summed E-state index contributed by atoms with van der Waals surface area (Å²) in [5, 5.41) is 12.8. The van der Waals surface area contributed by atoms with Crippen molar-refractivity contribution in [2.75, 3.05) is 13.1 Å². The standard InChI is InChI=1S/C14H17F2N3S/c1-9(2)8-17-4-3-13-18-19-14(20-13)10-5-11(15)7-12(16)6-10/h5-7,9,17H,3-4,8H2,1-2H3. The van der Waals surface area contributed by atoms with E-state index < -0.39 is 11.6 Å². The fourth-order valence-electron chi connectivity index (χ4n) is 1.73. The van der Waals surface area contributed by atoms with Gasteiger partial charge in [0.05, 0.1) is 0 Å². The maximum atomic E-state index is 13.2. The molecule has 1 aromatic heterocycles. The monoisotopic (exact) mass is 297 g/mol. The smallest absolute Gasteiger partial charge is 0.148 e. The van der Waals surface area contributed by atoms with Gasteiger partial charge in [0, 0.05) is 24.6 Å². The normalized spacial score (nSPS) is 11.2. The van der Waals surface area contributed by atoms with Crippen LogP contribution in [0.1, 0.15) is 18.9 Å². The summed E-state index contributed by atoms with van der Waals surface area (Å²) in [7, 11) is 0. The molecule has 0 unspecified atom stereocenters. The van der Waals surface area contributed by atoms with Gasteiger partial charge in [-0.15, -0.1) is 10.2 Å². The average Bonchev–Trinajstić information content (AvgIpc) is 2.82. The highest BCUT2D eigenvalue weighted by atomic mass is 32.1. The molecule has 0 amide bonds. The summed E-state index contributed by atoms with van der Waals surface area (Å²) < 4.78 is 26.3. The lowest BCUT2D eigenvalue weighted by Gasteiger charge is -2.05. The van der Waals surface area contributed by atoms with Gasteiger partial charge >= 0.3 is 0 Å². The van der Waals surface area contributed by atoms with Crippen LogP contribution in [-0.4, -0.2) is 23.3 Å². The Bertz CT molecular complexity index is 549. The molecule has 0 radical (unpaired) electrons. The zero-order valence-electron chi connectivity index (χ0n) is 11.5. The topological polar surface area (TPSA) is 37.8 Å². The summed E-state index contributed by atoms with van der Waals surface area (Å²) in [6.07, 6.45) is 0.766. The van der Waals surface area contributed by atoms with Crippen molar-refractivity contribution in [3.63, 3.8) is 0 Å². The van der Waals surface area contributed by atoms with Gasteiger partial charge in [-0.1, -0.05) is 25.2 Å². The molecule has 108 valence electrons. The lowest BCUT2D eigenvalue weighted by molar-refractivity contribution is 0.553. The van der Waals surface area contributed by atoms with Gasteiger partial charge in [-0.2, -0.15) is 0 Å². The molecule has 2 rings (SSSR count). The summed E-state index contributed by atoms with van der Waals surface area (Å²) in [5.74, 6) is -0.596. The first kappa shape index (κ1) is 15.0. The van der Waals surface area contributed by atoms with Crippen molar-refractivity contribution in [3.8, 4) is 10.6 Å². The van der Waals surface area contributed by atoms with Gasteiger partial charge in [0.15, 0.2) is 0 Å². The van der Waals surface area contributed by atoms with Gasteiger partial charge < -0.3 is 5.32 Å². The van der Waals surface area contributed by atoms with Gasteiger partial charge in [0.25, 0.3) is 0 Å². The van der Waals surface area contributed by atoms with Gasteiger partial charge in [-0.25, -0.2) is 8.78 Å². The van der Waals surface area contributed by atoms with E-state index in [1.165, 1.54) is 23.5 Å². The predicted octanol–water partition coefficient (Wildman–Crippen LogP) is 3.27. The van der Waals surface area contributed by atoms with E-state index in [0.29, 0.717) is 16.5 Å². The molecule has 1 N–H and O–H groups in total. The Hall–Kier alpha value is -1.40. The summed E-state index contributed by atoms with van der Waals surface area (Å²) in [4.78, 5) is 0. The zero-order chi connectivity index (χ0) is 14.5. The molecule has 0 atom stereocenters. The fourth-order valence-corrected chi connectivity index (χ4v) is 2.56. The maximum Gasteiger partial charge on any atom is 0.148 e. The van der Waals surface area contributed by atoms with Crippen LogP contribution in [0.5, 0.6) is 0 Å². The summed E-state index contributed by atoms with van der Waals surface area (Å²) in [5.41, 5.74) is 0.432. The van der Waals surface area contributed by atoms with Crippen molar-refractivity contribution in [1.29, 1.82) is 0 Å². The first-order chi connectivity index (χ1) is 9.54. The first-order valence-electron chi connectivity index (χ1n) is 6.54. The average molecular weight is 297 g/mol. The molecule has 0 bridgehead atoms. The van der Waals surface area contributed by atoms with Crippen LogP contribution in [0.4, 0.5) is 8.78 Å². The quantitative estimate of drug-likeness (QED) is 0.832. The lowest BCUT2D eigenvalue weighted by Crippen LogP contribution is -2.22. The molecule has 0 saturated heterocycles. The molecule has 1 aromatic carbocycles. The predicted molar refractivity (Wildman–Crippen MR) is 76.7 cm³/mol. The van der Waals surface area contributed by atoms with Gasteiger partial charge in [0.1, 0.15) is 21.6 Å². The maximum absolute atomic E-state index is 13.2. The second-order valence-corrected chi connectivity index (χ2v) is 6.07. The number of halogens is 2. The largest absolute Gasteiger partial charge is 0.316 e. The molecule has 0 aliphatic heterocycles. The van der Waals surface area contributed by atoms with E-state index in [1.54, 1.807) is 0 Å². The Morgan fingerprint density at radius 2 is 1.85 bits per heavy atom. The minimum atomic E-state index is -0.602. The van der Waals surface area contributed by atoms with Crippen LogP contribution < -0.4 is 5.32 Å². The van der Waals surface area contributed by atoms with E-state index in [-0.39, 0.29) is 0 Å². The molecule has 0 spiro atoms. The Kier molecular flexibility index (Phi) is 5.14. The highest BCUT2D eigenvalue weighted by Crippen LogP contribution is 2.25. The van der Waals surface area contributed by atoms with E-state index >= 15 is 0 Å². The van der Waals surface area contributed by atoms with Crippen molar-refractivity contribution in [2.24, 2.45) is 5.92 Å². The van der Waals surface area contributed by atoms with E-state index in [2.05, 4.69) is 29.4 Å². The Labute approximate surface area is 121 Å². The molecule has 20 heavy (non-hydrogen) atoms. The minimum absolute atomic E-state index is 0.432. The van der Waals surface area contributed by atoms with Crippen molar-refractivity contribution < 1.29 is 8.78 Å². The van der Waals surface area contributed by atoms with Crippen LogP contribution in [0.25, 0.3) is 10.6 Å². The Morgan fingerprint density at radius 1 is 1.15 bits per heavy atom. The molecule has 0 aliphatic rings. The van der Waals surface area contributed by atoms with Crippen LogP contribution >= 0.6 is 11.3 Å². The van der Waals surface area contributed by atoms with Gasteiger partial charge in [-0.05, 0) is 24.6 Å². The first-order valence-corrected chi connectivity index (χ1v) is 7.36. The van der Waals surface area contributed by atoms with E-state index in [1.807, 2.05) is 0 Å². The van der Waals surface area contributed by atoms with Crippen LogP contribution in [-0.2, 0) is 6.42 Å². The van der Waals surface area contributed by atoms with E-state index in [4.69, 9.17) is 0 Å². The van der Waals surface area contributed by atoms with Crippen LogP contribution in [0.2, 0.25) is 0 Å². The van der Waals surface area contributed by atoms with E-state index in [0.717, 1.165) is 30.6 Å².